The van der Waals surface area contributed by atoms with Gasteiger partial charge in [-0.2, -0.15) is 0 Å². The number of benzene rings is 2. The summed E-state index contributed by atoms with van der Waals surface area (Å²) in [4.78, 5) is 27.3. The number of aromatic nitrogens is 3. The first-order valence-electron chi connectivity index (χ1n) is 12.2. The Kier molecular flexibility index (Phi) is 6.16. The standard InChI is InChI=1S/C28H32N6O/c1-28(2,3)23-11-4-5-12-24(23)33-27(35)32-21-10-6-8-19(16-21)20-9-7-15-34(17-20)26-22-13-14-29-25(22)30-18-31-26/h4-6,8,10-14,16,18,20H,7,9,15,17H2,1-3H3,(H,29,30,31)(H2,32,33,35)/t20-/m1/s1. The molecular formula is C28H32N6O. The van der Waals surface area contributed by atoms with Crippen LogP contribution in [0.25, 0.3) is 11.0 Å². The van der Waals surface area contributed by atoms with E-state index < -0.39 is 0 Å². The summed E-state index contributed by atoms with van der Waals surface area (Å²) >= 11 is 0. The zero-order valence-corrected chi connectivity index (χ0v) is 20.5. The van der Waals surface area contributed by atoms with Crippen LogP contribution in [0.3, 0.4) is 0 Å². The SMILES string of the molecule is CC(C)(C)c1ccccc1NC(=O)Nc1cccc([C@@H]2CCCN(c3ncnc4[nH]ccc34)C2)c1. The van der Waals surface area contributed by atoms with E-state index in [2.05, 4.69) is 69.5 Å². The van der Waals surface area contributed by atoms with Gasteiger partial charge >= 0.3 is 6.03 Å². The van der Waals surface area contributed by atoms with Gasteiger partial charge < -0.3 is 20.5 Å². The Morgan fingerprint density at radius 1 is 1.06 bits per heavy atom. The molecule has 3 N–H and O–H groups in total. The first kappa shape index (κ1) is 22.9. The summed E-state index contributed by atoms with van der Waals surface area (Å²) < 4.78 is 0. The van der Waals surface area contributed by atoms with Gasteiger partial charge in [0, 0.05) is 36.6 Å². The van der Waals surface area contributed by atoms with Gasteiger partial charge in [0.1, 0.15) is 17.8 Å². The van der Waals surface area contributed by atoms with Gasteiger partial charge in [0.15, 0.2) is 0 Å². The predicted molar refractivity (Wildman–Crippen MR) is 142 cm³/mol. The van der Waals surface area contributed by atoms with Gasteiger partial charge in [-0.3, -0.25) is 0 Å². The summed E-state index contributed by atoms with van der Waals surface area (Å²) in [6.07, 6.45) is 5.72. The summed E-state index contributed by atoms with van der Waals surface area (Å²) in [6, 6.07) is 18.0. The van der Waals surface area contributed by atoms with E-state index in [1.807, 2.05) is 42.6 Å². The number of nitrogens with one attached hydrogen (secondary N) is 3. The molecule has 1 aliphatic rings. The predicted octanol–water partition coefficient (Wildman–Crippen LogP) is 6.28. The lowest BCUT2D eigenvalue weighted by molar-refractivity contribution is 0.262. The second-order valence-corrected chi connectivity index (χ2v) is 10.2. The van der Waals surface area contributed by atoms with Crippen LogP contribution < -0.4 is 15.5 Å². The molecule has 1 atom stereocenters. The zero-order valence-electron chi connectivity index (χ0n) is 20.5. The van der Waals surface area contributed by atoms with Crippen LogP contribution in [-0.2, 0) is 5.41 Å². The molecule has 2 aromatic carbocycles. The minimum Gasteiger partial charge on any atom is -0.355 e. The molecule has 1 aliphatic heterocycles. The largest absolute Gasteiger partial charge is 0.355 e. The van der Waals surface area contributed by atoms with Crippen LogP contribution in [0.15, 0.2) is 67.1 Å². The molecule has 7 nitrogen and oxygen atoms in total. The van der Waals surface area contributed by atoms with Crippen molar-refractivity contribution in [2.75, 3.05) is 28.6 Å². The Morgan fingerprint density at radius 2 is 1.91 bits per heavy atom. The number of hydrogen-bond donors (Lipinski definition) is 3. The van der Waals surface area contributed by atoms with Gasteiger partial charge in [0.05, 0.1) is 5.39 Å². The van der Waals surface area contributed by atoms with Crippen molar-refractivity contribution in [1.29, 1.82) is 0 Å². The second kappa shape index (κ2) is 9.41. The van der Waals surface area contributed by atoms with E-state index in [0.717, 1.165) is 59.7 Å². The Bertz CT molecular complexity index is 1340. The van der Waals surface area contributed by atoms with Crippen LogP contribution in [0.4, 0.5) is 22.0 Å². The van der Waals surface area contributed by atoms with Crippen molar-refractivity contribution >= 4 is 34.3 Å². The highest BCUT2D eigenvalue weighted by Gasteiger charge is 2.24. The van der Waals surface area contributed by atoms with E-state index >= 15 is 0 Å². The molecule has 1 saturated heterocycles. The van der Waals surface area contributed by atoms with Crippen molar-refractivity contribution in [2.24, 2.45) is 0 Å². The first-order valence-corrected chi connectivity index (χ1v) is 12.2. The maximum absolute atomic E-state index is 12.8. The number of para-hydroxylation sites is 1. The number of amides is 2. The van der Waals surface area contributed by atoms with Gasteiger partial charge in [-0.05, 0) is 53.6 Å². The molecule has 0 unspecified atom stereocenters. The lowest BCUT2D eigenvalue weighted by Gasteiger charge is -2.34. The number of H-pyrrole nitrogens is 1. The third kappa shape index (κ3) is 4.99. The monoisotopic (exact) mass is 468 g/mol. The Labute approximate surface area is 206 Å². The number of fused-ring (bicyclic) bond motifs is 1. The van der Waals surface area contributed by atoms with Gasteiger partial charge in [-0.25, -0.2) is 14.8 Å². The molecule has 180 valence electrons. The number of rotatable bonds is 4. The highest BCUT2D eigenvalue weighted by Crippen LogP contribution is 2.33. The van der Waals surface area contributed by atoms with E-state index in [1.54, 1.807) is 6.33 Å². The molecule has 35 heavy (non-hydrogen) atoms. The molecule has 0 saturated carbocycles. The van der Waals surface area contributed by atoms with E-state index in [0.29, 0.717) is 5.92 Å². The maximum Gasteiger partial charge on any atom is 0.323 e. The number of urea groups is 1. The second-order valence-electron chi connectivity index (χ2n) is 10.2. The normalized spacial score (nSPS) is 16.3. The molecule has 4 aromatic rings. The molecule has 0 spiro atoms. The molecule has 1 fully saturated rings. The number of anilines is 3. The van der Waals surface area contributed by atoms with Crippen LogP contribution >= 0.6 is 0 Å². The highest BCUT2D eigenvalue weighted by atomic mass is 16.2. The number of carbonyl (C=O) groups excluding carboxylic acids is 1. The van der Waals surface area contributed by atoms with Crippen LogP contribution in [0, 0.1) is 0 Å². The molecule has 0 radical (unpaired) electrons. The Balaban J connectivity index is 1.29. The van der Waals surface area contributed by atoms with E-state index in [-0.39, 0.29) is 11.4 Å². The van der Waals surface area contributed by atoms with E-state index in [4.69, 9.17) is 0 Å². The lowest BCUT2D eigenvalue weighted by atomic mass is 9.86. The summed E-state index contributed by atoms with van der Waals surface area (Å²) in [7, 11) is 0. The van der Waals surface area contributed by atoms with Crippen molar-refractivity contribution < 1.29 is 4.79 Å². The number of nitrogens with zero attached hydrogens (tertiary/aromatic N) is 3. The summed E-state index contributed by atoms with van der Waals surface area (Å²) in [6.45, 7) is 8.29. The fourth-order valence-electron chi connectivity index (χ4n) is 4.95. The molecule has 2 amide bonds. The zero-order chi connectivity index (χ0) is 24.4. The van der Waals surface area contributed by atoms with Crippen LogP contribution in [-0.4, -0.2) is 34.1 Å². The summed E-state index contributed by atoms with van der Waals surface area (Å²) in [5.41, 5.74) is 4.75. The van der Waals surface area contributed by atoms with Crippen molar-refractivity contribution in [2.45, 2.75) is 44.9 Å². The molecule has 7 heteroatoms. The minimum atomic E-state index is -0.236. The average Bonchev–Trinajstić information content (AvgIpc) is 3.33. The van der Waals surface area contributed by atoms with Crippen molar-refractivity contribution in [3.8, 4) is 0 Å². The van der Waals surface area contributed by atoms with Gasteiger partial charge in [-0.15, -0.1) is 0 Å². The molecule has 5 rings (SSSR count). The molecule has 0 aliphatic carbocycles. The van der Waals surface area contributed by atoms with Crippen LogP contribution in [0.2, 0.25) is 0 Å². The van der Waals surface area contributed by atoms with Crippen molar-refractivity contribution in [3.05, 3.63) is 78.2 Å². The molecule has 0 bridgehead atoms. The van der Waals surface area contributed by atoms with Crippen molar-refractivity contribution in [3.63, 3.8) is 0 Å². The Hall–Kier alpha value is -3.87. The quantitative estimate of drug-likeness (QED) is 0.329. The number of aromatic amines is 1. The van der Waals surface area contributed by atoms with Crippen LogP contribution in [0.1, 0.15) is 50.7 Å². The summed E-state index contributed by atoms with van der Waals surface area (Å²) in [5, 5.41) is 7.11. The van der Waals surface area contributed by atoms with Crippen LogP contribution in [0.5, 0.6) is 0 Å². The fraction of sp³-hybridized carbons (Fsp3) is 0.321. The molecular weight excluding hydrogens is 436 g/mol. The highest BCUT2D eigenvalue weighted by molar-refractivity contribution is 6.00. The third-order valence-corrected chi connectivity index (χ3v) is 6.65. The van der Waals surface area contributed by atoms with Gasteiger partial charge in [0.25, 0.3) is 0 Å². The Morgan fingerprint density at radius 3 is 2.77 bits per heavy atom. The van der Waals surface area contributed by atoms with Crippen molar-refractivity contribution in [1.82, 2.24) is 15.0 Å². The number of piperidine rings is 1. The average molecular weight is 469 g/mol. The first-order chi connectivity index (χ1) is 16.9. The minimum absolute atomic E-state index is 0.0632. The molecule has 3 heterocycles. The topological polar surface area (TPSA) is 85.9 Å². The third-order valence-electron chi connectivity index (χ3n) is 6.65. The summed E-state index contributed by atoms with van der Waals surface area (Å²) in [5.74, 6) is 1.34. The fourth-order valence-corrected chi connectivity index (χ4v) is 4.95. The van der Waals surface area contributed by atoms with Gasteiger partial charge in [0.2, 0.25) is 0 Å². The van der Waals surface area contributed by atoms with E-state index in [1.165, 1.54) is 5.56 Å². The number of hydrogen-bond acceptors (Lipinski definition) is 4. The molecule has 2 aromatic heterocycles. The van der Waals surface area contributed by atoms with Gasteiger partial charge in [-0.1, -0.05) is 51.1 Å². The number of carbonyl (C=O) groups is 1. The smallest absolute Gasteiger partial charge is 0.323 e. The van der Waals surface area contributed by atoms with E-state index in [9.17, 15) is 4.79 Å². The maximum atomic E-state index is 12.8. The lowest BCUT2D eigenvalue weighted by Crippen LogP contribution is -2.35.